The first-order valence-corrected chi connectivity index (χ1v) is 17.5. The molecule has 0 fully saturated rings. The second-order valence-electron chi connectivity index (χ2n) is 10.9. The van der Waals surface area contributed by atoms with E-state index in [1.54, 1.807) is 0 Å². The Morgan fingerprint density at radius 1 is 0.629 bits per heavy atom. The second-order valence-corrected chi connectivity index (χ2v) is 13.5. The molecule has 0 amide bonds. The Bertz CT molecular complexity index is 597. The van der Waals surface area contributed by atoms with Crippen LogP contribution in [0.3, 0.4) is 0 Å². The monoisotopic (exact) mass is 560 g/mol. The van der Waals surface area contributed by atoms with Gasteiger partial charge in [-0.25, -0.2) is 24.3 Å². The summed E-state index contributed by atoms with van der Waals surface area (Å²) in [6.07, 6.45) is 12.7. The number of aryl methyl sites for hydroxylation is 2. The molecule has 2 rings (SSSR count). The molecule has 0 N–H and O–H groups in total. The van der Waals surface area contributed by atoms with E-state index in [1.807, 2.05) is 0 Å². The predicted octanol–water partition coefficient (Wildman–Crippen LogP) is 10.0. The fraction of sp³-hybridized carbons (Fsp3) is 0.667. The van der Waals surface area contributed by atoms with Gasteiger partial charge in [-0.05, 0) is 54.4 Å². The first-order valence-electron chi connectivity index (χ1n) is 13.2. The van der Waals surface area contributed by atoms with Crippen LogP contribution >= 0.6 is 18.6 Å². The number of hydrogen-bond donors (Lipinski definition) is 0. The van der Waals surface area contributed by atoms with Crippen LogP contribution in [0.25, 0.3) is 0 Å². The molecule has 0 bridgehead atoms. The first-order chi connectivity index (χ1) is 16.6. The summed E-state index contributed by atoms with van der Waals surface area (Å²) >= 11 is -0.556. The fourth-order valence-corrected chi connectivity index (χ4v) is 3.49. The van der Waals surface area contributed by atoms with Gasteiger partial charge in [0.25, 0.3) is 0 Å². The summed E-state index contributed by atoms with van der Waals surface area (Å²) in [5.41, 5.74) is 3.00. The number of halogens is 2. The van der Waals surface area contributed by atoms with Gasteiger partial charge in [-0.2, -0.15) is 35.4 Å². The van der Waals surface area contributed by atoms with E-state index >= 15 is 0 Å². The van der Waals surface area contributed by atoms with Gasteiger partial charge in [0.1, 0.15) is 0 Å². The molecule has 0 unspecified atom stereocenters. The Morgan fingerprint density at radius 2 is 0.971 bits per heavy atom. The molecule has 202 valence electrons. The number of ether oxygens (including phenoxy) is 2. The van der Waals surface area contributed by atoms with Gasteiger partial charge in [0.15, 0.2) is 0 Å². The SMILES string of the molecule is CC(C)(C)OCCCCCCc1ccc[cH-]1.CC(C)(C)OCCCCCCc1ccc[cH-]1.[Cl][Ti][Cl]. The summed E-state index contributed by atoms with van der Waals surface area (Å²) in [6.45, 7) is 14.5. The van der Waals surface area contributed by atoms with Gasteiger partial charge >= 0.3 is 35.6 Å². The average Bonchev–Trinajstić information content (AvgIpc) is 3.46. The summed E-state index contributed by atoms with van der Waals surface area (Å²) in [5.74, 6) is 0. The summed E-state index contributed by atoms with van der Waals surface area (Å²) < 4.78 is 11.4. The molecule has 2 nitrogen and oxygen atoms in total. The van der Waals surface area contributed by atoms with Crippen LogP contribution in [-0.4, -0.2) is 24.4 Å². The van der Waals surface area contributed by atoms with E-state index in [0.717, 1.165) is 13.2 Å². The van der Waals surface area contributed by atoms with Gasteiger partial charge < -0.3 is 9.47 Å². The molecular formula is C30H50Cl2O2Ti-2. The van der Waals surface area contributed by atoms with Crippen LogP contribution in [0.15, 0.2) is 48.5 Å². The molecule has 2 aromatic carbocycles. The summed E-state index contributed by atoms with van der Waals surface area (Å²) in [6, 6.07) is 17.3. The Labute approximate surface area is 233 Å². The molecule has 2 aromatic rings. The molecule has 35 heavy (non-hydrogen) atoms. The van der Waals surface area contributed by atoms with Crippen LogP contribution in [-0.2, 0) is 39.3 Å². The van der Waals surface area contributed by atoms with E-state index in [9.17, 15) is 0 Å². The third kappa shape index (κ3) is 26.8. The van der Waals surface area contributed by atoms with Crippen molar-refractivity contribution in [3.8, 4) is 0 Å². The van der Waals surface area contributed by atoms with E-state index in [2.05, 4.69) is 90.1 Å². The summed E-state index contributed by atoms with van der Waals surface area (Å²) in [7, 11) is 9.78. The van der Waals surface area contributed by atoms with Gasteiger partial charge in [0.2, 0.25) is 0 Å². The number of rotatable bonds is 14. The molecule has 0 aliphatic rings. The molecule has 0 aliphatic heterocycles. The topological polar surface area (TPSA) is 18.5 Å². The van der Waals surface area contributed by atoms with Crippen molar-refractivity contribution in [1.29, 1.82) is 0 Å². The van der Waals surface area contributed by atoms with Crippen molar-refractivity contribution in [3.05, 3.63) is 59.7 Å². The van der Waals surface area contributed by atoms with Crippen LogP contribution in [0, 0.1) is 0 Å². The zero-order chi connectivity index (χ0) is 26.4. The molecule has 0 radical (unpaired) electrons. The van der Waals surface area contributed by atoms with Crippen molar-refractivity contribution in [3.63, 3.8) is 0 Å². The Morgan fingerprint density at radius 3 is 1.26 bits per heavy atom. The first kappa shape index (κ1) is 34.9. The van der Waals surface area contributed by atoms with E-state index < -0.39 is 17.0 Å². The van der Waals surface area contributed by atoms with Crippen molar-refractivity contribution in [2.24, 2.45) is 0 Å². The van der Waals surface area contributed by atoms with Crippen LogP contribution in [0.1, 0.15) is 104 Å². The van der Waals surface area contributed by atoms with E-state index in [4.69, 9.17) is 28.1 Å². The minimum absolute atomic E-state index is 0.0231. The summed E-state index contributed by atoms with van der Waals surface area (Å²) in [5, 5.41) is 0. The molecule has 0 heterocycles. The minimum atomic E-state index is -0.556. The zero-order valence-electron chi connectivity index (χ0n) is 23.2. The van der Waals surface area contributed by atoms with Crippen LogP contribution < -0.4 is 0 Å². The zero-order valence-corrected chi connectivity index (χ0v) is 26.2. The standard InChI is InChI=1S/2C15H25O.2ClH.Ti/c2*1-15(2,3)16-13-9-5-4-6-10-14-11-7-8-12-14;;;/h2*7-8,11-12H,4-6,9-10,13H2,1-3H3;2*1H;/q2*-1;;;+2/p-2. The third-order valence-electron chi connectivity index (χ3n) is 5.25. The normalized spacial score (nSPS) is 11.3. The van der Waals surface area contributed by atoms with Crippen molar-refractivity contribution >= 4 is 18.6 Å². The Hall–Kier alpha value is -0.0857. The van der Waals surface area contributed by atoms with Crippen molar-refractivity contribution < 1.29 is 26.5 Å². The molecule has 0 saturated carbocycles. The average molecular weight is 562 g/mol. The second kappa shape index (κ2) is 21.9. The molecule has 5 heteroatoms. The number of unbranched alkanes of at least 4 members (excludes halogenated alkanes) is 6. The van der Waals surface area contributed by atoms with Crippen LogP contribution in [0.2, 0.25) is 0 Å². The Kier molecular flexibility index (Phi) is 21.9. The maximum atomic E-state index is 5.68. The van der Waals surface area contributed by atoms with Crippen LogP contribution in [0.4, 0.5) is 0 Å². The molecule has 0 atom stereocenters. The van der Waals surface area contributed by atoms with E-state index in [0.29, 0.717) is 0 Å². The molecule has 0 aromatic heterocycles. The third-order valence-corrected chi connectivity index (χ3v) is 5.25. The Balaban J connectivity index is 0.000000594. The maximum absolute atomic E-state index is 5.68. The molecule has 0 aliphatic carbocycles. The molecule has 0 saturated heterocycles. The van der Waals surface area contributed by atoms with Gasteiger partial charge in [0, 0.05) is 13.2 Å². The van der Waals surface area contributed by atoms with Crippen LogP contribution in [0.5, 0.6) is 0 Å². The van der Waals surface area contributed by atoms with Crippen molar-refractivity contribution in [2.45, 2.75) is 117 Å². The van der Waals surface area contributed by atoms with Gasteiger partial charge in [-0.1, -0.05) is 51.4 Å². The van der Waals surface area contributed by atoms with Gasteiger partial charge in [-0.3, -0.25) is 0 Å². The van der Waals surface area contributed by atoms with Gasteiger partial charge in [-0.15, -0.1) is 0 Å². The summed E-state index contributed by atoms with van der Waals surface area (Å²) in [4.78, 5) is 0. The van der Waals surface area contributed by atoms with Crippen molar-refractivity contribution in [1.82, 2.24) is 0 Å². The molecule has 0 spiro atoms. The number of hydrogen-bond acceptors (Lipinski definition) is 2. The fourth-order valence-electron chi connectivity index (χ4n) is 3.49. The van der Waals surface area contributed by atoms with Gasteiger partial charge in [0.05, 0.1) is 11.2 Å². The molecular weight excluding hydrogens is 511 g/mol. The van der Waals surface area contributed by atoms with E-state index in [1.165, 1.54) is 75.3 Å². The predicted molar refractivity (Wildman–Crippen MR) is 152 cm³/mol. The van der Waals surface area contributed by atoms with E-state index in [-0.39, 0.29) is 11.2 Å². The van der Waals surface area contributed by atoms with Crippen molar-refractivity contribution in [2.75, 3.05) is 13.2 Å². The quantitative estimate of drug-likeness (QED) is 0.130.